The van der Waals surface area contributed by atoms with Crippen molar-refractivity contribution < 1.29 is 10.0 Å². The molecule has 1 N–H and O–H groups in total. The molecular formula is C10H4ClN3O3. The van der Waals surface area contributed by atoms with Crippen LogP contribution >= 0.6 is 11.6 Å². The summed E-state index contributed by atoms with van der Waals surface area (Å²) in [6.45, 7) is 0. The Morgan fingerprint density at radius 3 is 2.76 bits per heavy atom. The largest absolute Gasteiger partial charge is 0.507 e. The minimum Gasteiger partial charge on any atom is -0.507 e. The van der Waals surface area contributed by atoms with Crippen molar-refractivity contribution >= 4 is 28.1 Å². The number of nitrogens with zero attached hydrogens (tertiary/aromatic N) is 3. The Hall–Kier alpha value is -2.39. The molecule has 0 atom stereocenters. The second kappa shape index (κ2) is 3.88. The average molecular weight is 250 g/mol. The van der Waals surface area contributed by atoms with Crippen molar-refractivity contribution in [3.63, 3.8) is 0 Å². The molecule has 0 spiro atoms. The summed E-state index contributed by atoms with van der Waals surface area (Å²) >= 11 is 5.77. The van der Waals surface area contributed by atoms with Crippen LogP contribution in [-0.2, 0) is 0 Å². The summed E-state index contributed by atoms with van der Waals surface area (Å²) in [7, 11) is 0. The zero-order valence-electron chi connectivity index (χ0n) is 8.22. The minimum atomic E-state index is -0.621. The van der Waals surface area contributed by atoms with Crippen molar-refractivity contribution in [1.82, 2.24) is 4.98 Å². The highest BCUT2D eigenvalue weighted by molar-refractivity contribution is 6.34. The van der Waals surface area contributed by atoms with E-state index in [9.17, 15) is 15.2 Å². The summed E-state index contributed by atoms with van der Waals surface area (Å²) in [5.74, 6) is -0.288. The van der Waals surface area contributed by atoms with Crippen LogP contribution in [0.15, 0.2) is 18.3 Å². The maximum absolute atomic E-state index is 10.8. The third-order valence-corrected chi connectivity index (χ3v) is 2.55. The van der Waals surface area contributed by atoms with Crippen LogP contribution < -0.4 is 0 Å². The summed E-state index contributed by atoms with van der Waals surface area (Å²) in [6.07, 6.45) is 1.02. The first-order valence-corrected chi connectivity index (χ1v) is 4.78. The molecule has 0 radical (unpaired) electrons. The van der Waals surface area contributed by atoms with Crippen molar-refractivity contribution in [2.45, 2.75) is 0 Å². The molecule has 0 fully saturated rings. The van der Waals surface area contributed by atoms with Crippen molar-refractivity contribution in [3.8, 4) is 11.8 Å². The van der Waals surface area contributed by atoms with E-state index >= 15 is 0 Å². The van der Waals surface area contributed by atoms with Crippen LogP contribution in [0.1, 0.15) is 5.56 Å². The van der Waals surface area contributed by atoms with E-state index in [4.69, 9.17) is 16.9 Å². The first-order chi connectivity index (χ1) is 8.04. The van der Waals surface area contributed by atoms with Crippen LogP contribution in [0.3, 0.4) is 0 Å². The number of fused-ring (bicyclic) bond motifs is 1. The Labute approximate surface area is 99.8 Å². The van der Waals surface area contributed by atoms with E-state index in [1.54, 1.807) is 6.07 Å². The third-order valence-electron chi connectivity index (χ3n) is 2.25. The molecular weight excluding hydrogens is 246 g/mol. The molecule has 1 aromatic heterocycles. The number of nitriles is 1. The van der Waals surface area contributed by atoms with Gasteiger partial charge in [-0.25, -0.2) is 4.98 Å². The number of phenolic OH excluding ortho intramolecular Hbond substituents is 1. The van der Waals surface area contributed by atoms with Gasteiger partial charge in [0.15, 0.2) is 0 Å². The smallest absolute Gasteiger partial charge is 0.295 e. The third kappa shape index (κ3) is 1.73. The quantitative estimate of drug-likeness (QED) is 0.475. The van der Waals surface area contributed by atoms with E-state index in [0.717, 1.165) is 6.20 Å². The van der Waals surface area contributed by atoms with E-state index in [2.05, 4.69) is 4.98 Å². The molecule has 0 aliphatic rings. The number of aromatic hydroxyl groups is 1. The summed E-state index contributed by atoms with van der Waals surface area (Å²) in [4.78, 5) is 13.8. The van der Waals surface area contributed by atoms with Crippen molar-refractivity contribution in [2.24, 2.45) is 0 Å². The molecule has 2 rings (SSSR count). The van der Waals surface area contributed by atoms with Gasteiger partial charge in [-0.3, -0.25) is 10.1 Å². The van der Waals surface area contributed by atoms with Gasteiger partial charge in [-0.1, -0.05) is 11.6 Å². The van der Waals surface area contributed by atoms with Gasteiger partial charge in [0.1, 0.15) is 23.2 Å². The van der Waals surface area contributed by atoms with E-state index in [0.29, 0.717) is 0 Å². The Morgan fingerprint density at radius 1 is 1.47 bits per heavy atom. The molecule has 0 saturated heterocycles. The predicted octanol–water partition coefficient (Wildman–Crippen LogP) is 2.37. The highest BCUT2D eigenvalue weighted by Gasteiger charge is 2.17. The standard InChI is InChI=1S/C10H4ClN3O3/c11-10-7-2-9(15)5(3-12)1-6(7)8(4-13-10)14(16)17/h1-2,4,15H. The van der Waals surface area contributed by atoms with Crippen molar-refractivity contribution in [2.75, 3.05) is 0 Å². The van der Waals surface area contributed by atoms with E-state index in [-0.39, 0.29) is 32.9 Å². The highest BCUT2D eigenvalue weighted by atomic mass is 35.5. The second-order valence-electron chi connectivity index (χ2n) is 3.22. The molecule has 0 amide bonds. The second-order valence-corrected chi connectivity index (χ2v) is 3.58. The van der Waals surface area contributed by atoms with Gasteiger partial charge in [0.2, 0.25) is 0 Å². The summed E-state index contributed by atoms with van der Waals surface area (Å²) in [5.41, 5.74) is -0.316. The molecule has 7 heteroatoms. The van der Waals surface area contributed by atoms with Gasteiger partial charge in [-0.2, -0.15) is 5.26 Å². The van der Waals surface area contributed by atoms with Gasteiger partial charge in [0, 0.05) is 5.39 Å². The molecule has 0 saturated carbocycles. The molecule has 17 heavy (non-hydrogen) atoms. The average Bonchev–Trinajstić information content (AvgIpc) is 2.29. The lowest BCUT2D eigenvalue weighted by Crippen LogP contribution is -1.92. The van der Waals surface area contributed by atoms with E-state index < -0.39 is 4.92 Å². The topological polar surface area (TPSA) is 100 Å². The molecule has 2 aromatic rings. The van der Waals surface area contributed by atoms with Crippen LogP contribution in [0.4, 0.5) is 5.69 Å². The highest BCUT2D eigenvalue weighted by Crippen LogP contribution is 2.33. The van der Waals surface area contributed by atoms with Gasteiger partial charge < -0.3 is 5.11 Å². The van der Waals surface area contributed by atoms with Gasteiger partial charge in [-0.15, -0.1) is 0 Å². The first kappa shape index (κ1) is 11.1. The van der Waals surface area contributed by atoms with Gasteiger partial charge >= 0.3 is 0 Å². The number of pyridine rings is 1. The van der Waals surface area contributed by atoms with Crippen LogP contribution in [0.2, 0.25) is 5.15 Å². The molecule has 84 valence electrons. The fourth-order valence-electron chi connectivity index (χ4n) is 1.46. The SMILES string of the molecule is N#Cc1cc2c([N+](=O)[O-])cnc(Cl)c2cc1O. The molecule has 0 aliphatic heterocycles. The Kier molecular flexibility index (Phi) is 2.54. The predicted molar refractivity (Wildman–Crippen MR) is 59.8 cm³/mol. The number of halogens is 1. The van der Waals surface area contributed by atoms with Gasteiger partial charge in [-0.05, 0) is 12.1 Å². The zero-order chi connectivity index (χ0) is 12.6. The number of hydrogen-bond acceptors (Lipinski definition) is 5. The van der Waals surface area contributed by atoms with E-state index in [1.165, 1.54) is 12.1 Å². The lowest BCUT2D eigenvalue weighted by Gasteiger charge is -2.03. The maximum Gasteiger partial charge on any atom is 0.295 e. The number of benzene rings is 1. The van der Waals surface area contributed by atoms with Crippen molar-refractivity contribution in [3.05, 3.63) is 39.2 Å². The molecule has 0 aliphatic carbocycles. The first-order valence-electron chi connectivity index (χ1n) is 4.40. The van der Waals surface area contributed by atoms with E-state index in [1.807, 2.05) is 0 Å². The lowest BCUT2D eigenvalue weighted by molar-refractivity contribution is -0.383. The summed E-state index contributed by atoms with van der Waals surface area (Å²) in [6, 6.07) is 4.15. The van der Waals surface area contributed by atoms with Crippen LogP contribution in [0.5, 0.6) is 5.75 Å². The monoisotopic (exact) mass is 249 g/mol. The van der Waals surface area contributed by atoms with Crippen LogP contribution in [0.25, 0.3) is 10.8 Å². The van der Waals surface area contributed by atoms with Gasteiger partial charge in [0.25, 0.3) is 5.69 Å². The fourth-order valence-corrected chi connectivity index (χ4v) is 1.67. The van der Waals surface area contributed by atoms with Crippen LogP contribution in [-0.4, -0.2) is 15.0 Å². The molecule has 0 unspecified atom stereocenters. The normalized spacial score (nSPS) is 10.1. The summed E-state index contributed by atoms with van der Waals surface area (Å²) < 4.78 is 0. The Morgan fingerprint density at radius 2 is 2.18 bits per heavy atom. The number of hydrogen-bond donors (Lipinski definition) is 1. The molecule has 1 aromatic carbocycles. The fraction of sp³-hybridized carbons (Fsp3) is 0. The summed E-state index contributed by atoms with van der Waals surface area (Å²) in [5, 5.41) is 29.5. The molecule has 0 bridgehead atoms. The van der Waals surface area contributed by atoms with Crippen LogP contribution in [0, 0.1) is 21.4 Å². The minimum absolute atomic E-state index is 0.0328. The molecule has 6 nitrogen and oxygen atoms in total. The van der Waals surface area contributed by atoms with Gasteiger partial charge in [0.05, 0.1) is 15.9 Å². The van der Waals surface area contributed by atoms with Crippen molar-refractivity contribution in [1.29, 1.82) is 5.26 Å². The number of aromatic nitrogens is 1. The number of rotatable bonds is 1. The lowest BCUT2D eigenvalue weighted by atomic mass is 10.1. The molecule has 1 heterocycles. The number of phenols is 1. The Bertz CT molecular complexity index is 679. The zero-order valence-corrected chi connectivity index (χ0v) is 8.97. The number of nitro groups is 1. The maximum atomic E-state index is 10.8. The Balaban J connectivity index is 2.95.